The number of nitrogens with zero attached hydrogens (tertiary/aromatic N) is 4. The molecule has 8 nitrogen and oxygen atoms in total. The van der Waals surface area contributed by atoms with Crippen molar-refractivity contribution in [1.82, 2.24) is 15.0 Å². The lowest BCUT2D eigenvalue weighted by Crippen LogP contribution is -2.25. The van der Waals surface area contributed by atoms with Crippen LogP contribution < -0.4 is 10.2 Å². The van der Waals surface area contributed by atoms with Crippen molar-refractivity contribution in [2.45, 2.75) is 12.3 Å². The van der Waals surface area contributed by atoms with Gasteiger partial charge in [-0.05, 0) is 18.6 Å². The fraction of sp³-hybridized carbons (Fsp3) is 0.412. The van der Waals surface area contributed by atoms with Gasteiger partial charge < -0.3 is 20.1 Å². The Labute approximate surface area is 145 Å². The Morgan fingerprint density at radius 3 is 3.04 bits per heavy atom. The first-order valence-corrected chi connectivity index (χ1v) is 8.17. The molecule has 0 saturated carbocycles. The van der Waals surface area contributed by atoms with Gasteiger partial charge in [-0.2, -0.15) is 0 Å². The Hall–Kier alpha value is -2.74. The molecule has 1 atom stereocenters. The molecule has 1 fully saturated rings. The Bertz CT molecular complexity index is 734. The van der Waals surface area contributed by atoms with E-state index in [1.54, 1.807) is 18.5 Å². The van der Waals surface area contributed by atoms with Gasteiger partial charge in [-0.3, -0.25) is 0 Å². The smallest absolute Gasteiger partial charge is 0.354 e. The number of carbonyl (C=O) groups is 1. The van der Waals surface area contributed by atoms with Crippen LogP contribution >= 0.6 is 0 Å². The monoisotopic (exact) mass is 343 g/mol. The molecule has 1 aliphatic rings. The maximum absolute atomic E-state index is 11.0. The highest BCUT2D eigenvalue weighted by molar-refractivity contribution is 5.86. The zero-order valence-electron chi connectivity index (χ0n) is 14.1. The van der Waals surface area contributed by atoms with Crippen LogP contribution in [0.3, 0.4) is 0 Å². The van der Waals surface area contributed by atoms with Crippen molar-refractivity contribution in [1.29, 1.82) is 0 Å². The van der Waals surface area contributed by atoms with Crippen molar-refractivity contribution >= 4 is 17.5 Å². The number of aromatic carboxylic acids is 1. The topological polar surface area (TPSA) is 100 Å². The Kier molecular flexibility index (Phi) is 5.39. The van der Waals surface area contributed by atoms with Crippen LogP contribution in [-0.4, -0.2) is 59.4 Å². The van der Waals surface area contributed by atoms with Gasteiger partial charge in [0.15, 0.2) is 0 Å². The molecule has 1 saturated heterocycles. The summed E-state index contributed by atoms with van der Waals surface area (Å²) < 4.78 is 5.41. The second-order valence-corrected chi connectivity index (χ2v) is 5.94. The van der Waals surface area contributed by atoms with Crippen LogP contribution in [0.5, 0.6) is 0 Å². The van der Waals surface area contributed by atoms with Gasteiger partial charge in [-0.1, -0.05) is 0 Å². The highest BCUT2D eigenvalue weighted by atomic mass is 16.5. The van der Waals surface area contributed by atoms with Crippen molar-refractivity contribution in [2.24, 2.45) is 0 Å². The summed E-state index contributed by atoms with van der Waals surface area (Å²) in [6.45, 7) is 2.85. The molecular formula is C17H21N5O3. The maximum atomic E-state index is 11.0. The highest BCUT2D eigenvalue weighted by Gasteiger charge is 2.19. The predicted octanol–water partition coefficient (Wildman–Crippen LogP) is 1.62. The molecule has 1 aliphatic heterocycles. The number of hydrogen-bond donors (Lipinski definition) is 2. The van der Waals surface area contributed by atoms with E-state index in [0.29, 0.717) is 25.6 Å². The molecule has 8 heteroatoms. The number of hydrogen-bond acceptors (Lipinski definition) is 7. The van der Waals surface area contributed by atoms with E-state index in [1.165, 1.54) is 6.20 Å². The van der Waals surface area contributed by atoms with E-state index in [-0.39, 0.29) is 5.69 Å². The quantitative estimate of drug-likeness (QED) is 0.782. The zero-order valence-corrected chi connectivity index (χ0v) is 14.1. The lowest BCUT2D eigenvalue weighted by atomic mass is 10.1. The largest absolute Gasteiger partial charge is 0.477 e. The zero-order chi connectivity index (χ0) is 17.6. The molecule has 0 amide bonds. The SMILES string of the molecule is CN(CCNc1cc([C@@H]2CCOC2)ncn1)c1ccnc(C(=O)O)c1. The first kappa shape index (κ1) is 17.1. The lowest BCUT2D eigenvalue weighted by molar-refractivity contribution is 0.0690. The lowest BCUT2D eigenvalue weighted by Gasteiger charge is -2.20. The van der Waals surface area contributed by atoms with Gasteiger partial charge in [-0.15, -0.1) is 0 Å². The summed E-state index contributed by atoms with van der Waals surface area (Å²) in [7, 11) is 1.91. The molecule has 0 aliphatic carbocycles. The summed E-state index contributed by atoms with van der Waals surface area (Å²) in [5, 5.41) is 12.3. The molecule has 3 rings (SSSR count). The van der Waals surface area contributed by atoms with Gasteiger partial charge in [0.25, 0.3) is 0 Å². The summed E-state index contributed by atoms with van der Waals surface area (Å²) in [5.74, 6) is 0.0986. The number of rotatable bonds is 7. The molecule has 0 radical (unpaired) electrons. The van der Waals surface area contributed by atoms with E-state index >= 15 is 0 Å². The van der Waals surface area contributed by atoms with Crippen LogP contribution in [0.4, 0.5) is 11.5 Å². The number of carboxylic acid groups (broad SMARTS) is 1. The van der Waals surface area contributed by atoms with Crippen LogP contribution in [0.25, 0.3) is 0 Å². The van der Waals surface area contributed by atoms with Crippen LogP contribution in [0.1, 0.15) is 28.5 Å². The van der Waals surface area contributed by atoms with Crippen molar-refractivity contribution < 1.29 is 14.6 Å². The summed E-state index contributed by atoms with van der Waals surface area (Å²) in [6.07, 6.45) is 4.07. The van der Waals surface area contributed by atoms with Gasteiger partial charge >= 0.3 is 5.97 Å². The average molecular weight is 343 g/mol. The van der Waals surface area contributed by atoms with E-state index in [4.69, 9.17) is 9.84 Å². The first-order valence-electron chi connectivity index (χ1n) is 8.17. The van der Waals surface area contributed by atoms with Crippen molar-refractivity contribution in [3.05, 3.63) is 42.1 Å². The van der Waals surface area contributed by atoms with Crippen molar-refractivity contribution in [2.75, 3.05) is 43.6 Å². The van der Waals surface area contributed by atoms with Crippen LogP contribution in [0.15, 0.2) is 30.7 Å². The third-order valence-electron chi connectivity index (χ3n) is 4.19. The number of pyridine rings is 1. The standard InChI is InChI=1S/C17H21N5O3/c1-22(13-2-4-18-15(8-13)17(23)24)6-5-19-16-9-14(20-11-21-16)12-3-7-25-10-12/h2,4,8-9,11-12H,3,5-7,10H2,1H3,(H,23,24)(H,19,20,21)/t12-/m1/s1. The number of nitrogens with one attached hydrogen (secondary N) is 1. The van der Waals surface area contributed by atoms with E-state index < -0.39 is 5.97 Å². The van der Waals surface area contributed by atoms with E-state index in [9.17, 15) is 4.79 Å². The number of anilines is 2. The second kappa shape index (κ2) is 7.89. The Balaban J connectivity index is 1.54. The van der Waals surface area contributed by atoms with Gasteiger partial charge in [0.1, 0.15) is 17.8 Å². The molecule has 2 aromatic rings. The summed E-state index contributed by atoms with van der Waals surface area (Å²) >= 11 is 0. The third-order valence-corrected chi connectivity index (χ3v) is 4.19. The highest BCUT2D eigenvalue weighted by Crippen LogP contribution is 2.24. The number of aromatic nitrogens is 3. The van der Waals surface area contributed by atoms with Gasteiger partial charge in [0, 0.05) is 50.6 Å². The Morgan fingerprint density at radius 2 is 2.28 bits per heavy atom. The van der Waals surface area contributed by atoms with Gasteiger partial charge in [0.05, 0.1) is 12.3 Å². The van der Waals surface area contributed by atoms with Crippen LogP contribution in [-0.2, 0) is 4.74 Å². The molecule has 3 heterocycles. The summed E-state index contributed by atoms with van der Waals surface area (Å²) in [5.41, 5.74) is 1.85. The first-order chi connectivity index (χ1) is 12.1. The van der Waals surface area contributed by atoms with Crippen molar-refractivity contribution in [3.8, 4) is 0 Å². The molecule has 0 aromatic carbocycles. The number of ether oxygens (including phenoxy) is 1. The minimum Gasteiger partial charge on any atom is -0.477 e. The molecule has 2 aromatic heterocycles. The predicted molar refractivity (Wildman–Crippen MR) is 93.2 cm³/mol. The Morgan fingerprint density at radius 1 is 1.40 bits per heavy atom. The maximum Gasteiger partial charge on any atom is 0.354 e. The average Bonchev–Trinajstić information content (AvgIpc) is 3.17. The van der Waals surface area contributed by atoms with E-state index in [2.05, 4.69) is 20.3 Å². The molecule has 0 bridgehead atoms. The van der Waals surface area contributed by atoms with Gasteiger partial charge in [0.2, 0.25) is 0 Å². The summed E-state index contributed by atoms with van der Waals surface area (Å²) in [4.78, 5) is 25.4. The van der Waals surface area contributed by atoms with Crippen LogP contribution in [0, 0.1) is 0 Å². The molecular weight excluding hydrogens is 322 g/mol. The fourth-order valence-corrected chi connectivity index (χ4v) is 2.71. The fourth-order valence-electron chi connectivity index (χ4n) is 2.71. The van der Waals surface area contributed by atoms with Crippen molar-refractivity contribution in [3.63, 3.8) is 0 Å². The third kappa shape index (κ3) is 4.42. The molecule has 2 N–H and O–H groups in total. The normalized spacial score (nSPS) is 16.6. The minimum atomic E-state index is -1.03. The number of likely N-dealkylation sites (N-methyl/N-ethyl adjacent to an activating group) is 1. The van der Waals surface area contributed by atoms with E-state index in [1.807, 2.05) is 18.0 Å². The molecule has 25 heavy (non-hydrogen) atoms. The summed E-state index contributed by atoms with van der Waals surface area (Å²) in [6, 6.07) is 5.31. The number of carboxylic acids is 1. The molecule has 0 spiro atoms. The minimum absolute atomic E-state index is 0.0385. The van der Waals surface area contributed by atoms with E-state index in [0.717, 1.165) is 30.2 Å². The molecule has 0 unspecified atom stereocenters. The van der Waals surface area contributed by atoms with Crippen LogP contribution in [0.2, 0.25) is 0 Å². The second-order valence-electron chi connectivity index (χ2n) is 5.94. The van der Waals surface area contributed by atoms with Gasteiger partial charge in [-0.25, -0.2) is 19.7 Å². The molecule has 132 valence electrons.